The van der Waals surface area contributed by atoms with Gasteiger partial charge < -0.3 is 4.74 Å². The molecule has 0 amide bonds. The van der Waals surface area contributed by atoms with Gasteiger partial charge in [-0.2, -0.15) is 0 Å². The van der Waals surface area contributed by atoms with Gasteiger partial charge in [0.1, 0.15) is 5.01 Å². The van der Waals surface area contributed by atoms with Crippen molar-refractivity contribution in [2.24, 2.45) is 0 Å². The Bertz CT molecular complexity index is 787. The number of hydrogen-bond acceptors (Lipinski definition) is 4. The number of fused-ring (bicyclic) bond motifs is 1. The van der Waals surface area contributed by atoms with Crippen LogP contribution in [0.5, 0.6) is 0 Å². The maximum absolute atomic E-state index is 11.7. The van der Waals surface area contributed by atoms with Crippen LogP contribution in [0.25, 0.3) is 21.3 Å². The second-order valence-electron chi connectivity index (χ2n) is 4.44. The highest BCUT2D eigenvalue weighted by Crippen LogP contribution is 2.33. The lowest BCUT2D eigenvalue weighted by Gasteiger charge is -2.02. The van der Waals surface area contributed by atoms with Crippen LogP contribution in [0.15, 0.2) is 42.5 Å². The number of aromatic nitrogens is 1. The van der Waals surface area contributed by atoms with Crippen LogP contribution in [0.4, 0.5) is 0 Å². The molecule has 0 bridgehead atoms. The van der Waals surface area contributed by atoms with E-state index in [-0.39, 0.29) is 5.97 Å². The topological polar surface area (TPSA) is 39.2 Å². The van der Waals surface area contributed by atoms with E-state index in [1.807, 2.05) is 31.2 Å². The molecule has 3 rings (SSSR count). The van der Waals surface area contributed by atoms with Crippen LogP contribution in [0.3, 0.4) is 0 Å². The lowest BCUT2D eigenvalue weighted by molar-refractivity contribution is 0.0594. The van der Waals surface area contributed by atoms with Gasteiger partial charge in [-0.3, -0.25) is 0 Å². The Morgan fingerprint density at radius 3 is 2.70 bits per heavy atom. The number of hydrogen-bond donors (Lipinski definition) is 0. The first-order valence-corrected chi connectivity index (χ1v) is 7.06. The lowest BCUT2D eigenvalue weighted by atomic mass is 10.1. The molecule has 0 unspecified atom stereocenters. The molecule has 0 aliphatic rings. The second kappa shape index (κ2) is 5.06. The van der Waals surface area contributed by atoms with Crippen molar-refractivity contribution >= 4 is 28.1 Å². The zero-order chi connectivity index (χ0) is 14.1. The summed E-state index contributed by atoms with van der Waals surface area (Å²) in [5, 5.41) is 3.15. The molecule has 100 valence electrons. The van der Waals surface area contributed by atoms with Gasteiger partial charge in [-0.05, 0) is 17.7 Å². The molecule has 2 aromatic carbocycles. The molecule has 20 heavy (non-hydrogen) atoms. The quantitative estimate of drug-likeness (QED) is 0.666. The summed E-state index contributed by atoms with van der Waals surface area (Å²) in [4.78, 5) is 17.0. The Morgan fingerprint density at radius 2 is 1.90 bits per heavy atom. The zero-order valence-electron chi connectivity index (χ0n) is 11.2. The number of ether oxygens (including phenoxy) is 1. The summed E-state index contributed by atoms with van der Waals surface area (Å²) in [5.41, 5.74) is 1.45. The zero-order valence-corrected chi connectivity index (χ0v) is 12.0. The number of nitrogens with zero attached hydrogens (tertiary/aromatic N) is 1. The van der Waals surface area contributed by atoms with Crippen LogP contribution >= 0.6 is 11.3 Å². The van der Waals surface area contributed by atoms with E-state index >= 15 is 0 Å². The van der Waals surface area contributed by atoms with Crippen LogP contribution in [0.2, 0.25) is 0 Å². The standard InChI is InChI=1S/C16H13NO2S/c1-10-14(16(18)19-2)17-15(20-10)13-9-5-7-11-6-3-4-8-12(11)13/h3-9H,1-2H3. The van der Waals surface area contributed by atoms with Crippen molar-refractivity contribution in [2.75, 3.05) is 7.11 Å². The average Bonchev–Trinajstić information content (AvgIpc) is 2.87. The predicted molar refractivity (Wildman–Crippen MR) is 81.1 cm³/mol. The van der Waals surface area contributed by atoms with E-state index in [4.69, 9.17) is 4.74 Å². The van der Waals surface area contributed by atoms with E-state index in [0.717, 1.165) is 26.2 Å². The molecule has 0 saturated heterocycles. The largest absolute Gasteiger partial charge is 0.464 e. The number of methoxy groups -OCH3 is 1. The van der Waals surface area contributed by atoms with Crippen LogP contribution in [-0.2, 0) is 4.74 Å². The van der Waals surface area contributed by atoms with E-state index in [9.17, 15) is 4.79 Å². The molecule has 0 spiro atoms. The van der Waals surface area contributed by atoms with Gasteiger partial charge >= 0.3 is 5.97 Å². The Balaban J connectivity index is 2.19. The summed E-state index contributed by atoms with van der Waals surface area (Å²) in [6.45, 7) is 1.89. The summed E-state index contributed by atoms with van der Waals surface area (Å²) in [5.74, 6) is -0.384. The number of rotatable bonds is 2. The number of carbonyl (C=O) groups is 1. The minimum atomic E-state index is -0.384. The van der Waals surface area contributed by atoms with Crippen molar-refractivity contribution in [3.05, 3.63) is 53.0 Å². The Labute approximate surface area is 120 Å². The number of thiazole rings is 1. The van der Waals surface area contributed by atoms with E-state index in [0.29, 0.717) is 5.69 Å². The molecular weight excluding hydrogens is 270 g/mol. The summed E-state index contributed by atoms with van der Waals surface area (Å²) < 4.78 is 4.76. The van der Waals surface area contributed by atoms with Gasteiger partial charge in [-0.1, -0.05) is 42.5 Å². The molecule has 4 heteroatoms. The number of aryl methyl sites for hydroxylation is 1. The SMILES string of the molecule is COC(=O)c1nc(-c2cccc3ccccc23)sc1C. The highest BCUT2D eigenvalue weighted by molar-refractivity contribution is 7.15. The molecule has 0 atom stereocenters. The number of esters is 1. The first-order valence-electron chi connectivity index (χ1n) is 6.24. The normalized spacial score (nSPS) is 10.7. The highest BCUT2D eigenvalue weighted by atomic mass is 32.1. The Morgan fingerprint density at radius 1 is 1.15 bits per heavy atom. The predicted octanol–water partition coefficient (Wildman–Crippen LogP) is 4.06. The van der Waals surface area contributed by atoms with Crippen LogP contribution in [0.1, 0.15) is 15.4 Å². The Kier molecular flexibility index (Phi) is 3.24. The van der Waals surface area contributed by atoms with E-state index < -0.39 is 0 Å². The van der Waals surface area contributed by atoms with Gasteiger partial charge in [0.05, 0.1) is 7.11 Å². The van der Waals surface area contributed by atoms with E-state index in [1.54, 1.807) is 0 Å². The van der Waals surface area contributed by atoms with Gasteiger partial charge in [-0.25, -0.2) is 9.78 Å². The minimum Gasteiger partial charge on any atom is -0.464 e. The van der Waals surface area contributed by atoms with Crippen molar-refractivity contribution in [3.63, 3.8) is 0 Å². The maximum atomic E-state index is 11.7. The minimum absolute atomic E-state index is 0.384. The van der Waals surface area contributed by atoms with E-state index in [1.165, 1.54) is 18.4 Å². The van der Waals surface area contributed by atoms with Crippen LogP contribution < -0.4 is 0 Å². The van der Waals surface area contributed by atoms with Crippen molar-refractivity contribution in [1.29, 1.82) is 0 Å². The van der Waals surface area contributed by atoms with Crippen LogP contribution in [-0.4, -0.2) is 18.1 Å². The monoisotopic (exact) mass is 283 g/mol. The fraction of sp³-hybridized carbons (Fsp3) is 0.125. The molecular formula is C16H13NO2S. The summed E-state index contributed by atoms with van der Waals surface area (Å²) in [6.07, 6.45) is 0. The number of carbonyl (C=O) groups excluding carboxylic acids is 1. The summed E-state index contributed by atoms with van der Waals surface area (Å²) in [7, 11) is 1.37. The fourth-order valence-corrected chi connectivity index (χ4v) is 3.15. The first-order chi connectivity index (χ1) is 9.70. The van der Waals surface area contributed by atoms with Gasteiger partial charge in [0.2, 0.25) is 0 Å². The van der Waals surface area contributed by atoms with Gasteiger partial charge in [0.25, 0.3) is 0 Å². The highest BCUT2D eigenvalue weighted by Gasteiger charge is 2.17. The van der Waals surface area contributed by atoms with Crippen molar-refractivity contribution < 1.29 is 9.53 Å². The van der Waals surface area contributed by atoms with E-state index in [2.05, 4.69) is 23.2 Å². The third-order valence-corrected chi connectivity index (χ3v) is 4.20. The molecule has 3 aromatic rings. The molecule has 0 radical (unpaired) electrons. The maximum Gasteiger partial charge on any atom is 0.357 e. The number of benzene rings is 2. The summed E-state index contributed by atoms with van der Waals surface area (Å²) in [6, 6.07) is 14.3. The first kappa shape index (κ1) is 12.8. The van der Waals surface area contributed by atoms with Crippen molar-refractivity contribution in [1.82, 2.24) is 4.98 Å². The molecule has 0 N–H and O–H groups in total. The molecule has 1 aromatic heterocycles. The third kappa shape index (κ3) is 2.08. The molecule has 0 fully saturated rings. The van der Waals surface area contributed by atoms with Crippen molar-refractivity contribution in [3.8, 4) is 10.6 Å². The molecule has 0 saturated carbocycles. The molecule has 0 aliphatic heterocycles. The molecule has 0 aliphatic carbocycles. The summed E-state index contributed by atoms with van der Waals surface area (Å²) >= 11 is 1.51. The van der Waals surface area contributed by atoms with Crippen LogP contribution in [0, 0.1) is 6.92 Å². The lowest BCUT2D eigenvalue weighted by Crippen LogP contribution is -2.03. The molecule has 1 heterocycles. The van der Waals surface area contributed by atoms with Gasteiger partial charge in [0.15, 0.2) is 5.69 Å². The van der Waals surface area contributed by atoms with Gasteiger partial charge in [-0.15, -0.1) is 11.3 Å². The molecule has 3 nitrogen and oxygen atoms in total. The van der Waals surface area contributed by atoms with Gasteiger partial charge in [0, 0.05) is 10.4 Å². The smallest absolute Gasteiger partial charge is 0.357 e. The Hall–Kier alpha value is -2.20. The average molecular weight is 283 g/mol. The second-order valence-corrected chi connectivity index (χ2v) is 5.65. The van der Waals surface area contributed by atoms with Crippen molar-refractivity contribution in [2.45, 2.75) is 6.92 Å². The fourth-order valence-electron chi connectivity index (χ4n) is 2.21. The third-order valence-electron chi connectivity index (χ3n) is 3.20.